The Bertz CT molecular complexity index is 835. The summed E-state index contributed by atoms with van der Waals surface area (Å²) in [6, 6.07) is 8.88. The van der Waals surface area contributed by atoms with E-state index in [9.17, 15) is 14.3 Å². The van der Waals surface area contributed by atoms with Crippen LogP contribution in [-0.2, 0) is 0 Å². The van der Waals surface area contributed by atoms with Crippen LogP contribution in [0, 0.1) is 12.7 Å². The lowest BCUT2D eigenvalue weighted by atomic mass is 9.98. The number of nitrogens with zero attached hydrogens (tertiary/aromatic N) is 3. The highest BCUT2D eigenvalue weighted by Gasteiger charge is 2.36. The van der Waals surface area contributed by atoms with E-state index in [4.69, 9.17) is 0 Å². The first-order valence-corrected chi connectivity index (χ1v) is 10.7. The number of piperazine rings is 1. The molecule has 2 fully saturated rings. The standard InChI is InChI=1S/C21H26FN3O2S/c1-15-7-13-28-20(15)21(27)25-8-6-18(19(26)14-25)24-11-9-23(10-12-24)17-5-3-2-4-16(17)22/h2-5,7,13,18-19,26H,6,8-12,14H2,1H3/t18-,19-/m1/s1. The van der Waals surface area contributed by atoms with Gasteiger partial charge in [0.2, 0.25) is 0 Å². The molecule has 0 unspecified atom stereocenters. The average molecular weight is 404 g/mol. The highest BCUT2D eigenvalue weighted by Crippen LogP contribution is 2.25. The van der Waals surface area contributed by atoms with Gasteiger partial charge in [0.1, 0.15) is 5.82 Å². The molecule has 2 saturated heterocycles. The lowest BCUT2D eigenvalue weighted by Gasteiger charge is -2.45. The van der Waals surface area contributed by atoms with Crippen molar-refractivity contribution in [1.29, 1.82) is 0 Å². The third-order valence-corrected chi connectivity index (χ3v) is 6.87. The quantitative estimate of drug-likeness (QED) is 0.856. The highest BCUT2D eigenvalue weighted by atomic mass is 32.1. The minimum atomic E-state index is -0.557. The molecule has 0 bridgehead atoms. The van der Waals surface area contributed by atoms with Crippen LogP contribution in [0.2, 0.25) is 0 Å². The molecule has 1 N–H and O–H groups in total. The summed E-state index contributed by atoms with van der Waals surface area (Å²) in [6.45, 7) is 6.02. The number of para-hydroxylation sites is 1. The largest absolute Gasteiger partial charge is 0.390 e. The monoisotopic (exact) mass is 403 g/mol. The summed E-state index contributed by atoms with van der Waals surface area (Å²) >= 11 is 1.46. The van der Waals surface area contributed by atoms with E-state index in [0.717, 1.165) is 43.0 Å². The third-order valence-electron chi connectivity index (χ3n) is 5.87. The number of hydrogen-bond acceptors (Lipinski definition) is 5. The smallest absolute Gasteiger partial charge is 0.264 e. The van der Waals surface area contributed by atoms with Crippen LogP contribution >= 0.6 is 11.3 Å². The number of benzene rings is 1. The van der Waals surface area contributed by atoms with Gasteiger partial charge in [-0.15, -0.1) is 11.3 Å². The number of carbonyl (C=O) groups excluding carboxylic acids is 1. The minimum Gasteiger partial charge on any atom is -0.390 e. The van der Waals surface area contributed by atoms with Crippen molar-refractivity contribution in [3.05, 3.63) is 52.0 Å². The number of aliphatic hydroxyl groups excluding tert-OH is 1. The van der Waals surface area contributed by atoms with Crippen molar-refractivity contribution in [2.75, 3.05) is 44.2 Å². The van der Waals surface area contributed by atoms with E-state index in [0.29, 0.717) is 18.8 Å². The number of thiophene rings is 1. The molecule has 0 spiro atoms. The van der Waals surface area contributed by atoms with Gasteiger partial charge in [-0.3, -0.25) is 9.69 Å². The second kappa shape index (κ2) is 8.19. The molecule has 28 heavy (non-hydrogen) atoms. The number of likely N-dealkylation sites (tertiary alicyclic amines) is 1. The van der Waals surface area contributed by atoms with Crippen molar-refractivity contribution in [3.8, 4) is 0 Å². The van der Waals surface area contributed by atoms with E-state index in [1.54, 1.807) is 11.0 Å². The van der Waals surface area contributed by atoms with Crippen molar-refractivity contribution in [3.63, 3.8) is 0 Å². The van der Waals surface area contributed by atoms with Crippen molar-refractivity contribution in [2.24, 2.45) is 0 Å². The maximum atomic E-state index is 14.0. The zero-order valence-corrected chi connectivity index (χ0v) is 16.9. The third kappa shape index (κ3) is 3.79. The van der Waals surface area contributed by atoms with E-state index < -0.39 is 6.10 Å². The first kappa shape index (κ1) is 19.4. The second-order valence-electron chi connectivity index (χ2n) is 7.58. The molecule has 3 heterocycles. The van der Waals surface area contributed by atoms with E-state index in [1.165, 1.54) is 17.4 Å². The lowest BCUT2D eigenvalue weighted by molar-refractivity contribution is -0.0106. The number of piperidine rings is 1. The van der Waals surface area contributed by atoms with Gasteiger partial charge >= 0.3 is 0 Å². The van der Waals surface area contributed by atoms with Gasteiger partial charge in [0.25, 0.3) is 5.91 Å². The van der Waals surface area contributed by atoms with E-state index in [-0.39, 0.29) is 17.8 Å². The summed E-state index contributed by atoms with van der Waals surface area (Å²) in [5.41, 5.74) is 1.64. The summed E-state index contributed by atoms with van der Waals surface area (Å²) in [7, 11) is 0. The molecule has 2 atom stereocenters. The number of β-amino-alcohol motifs (C(OH)–C–C–N with tert-alkyl or cyclic N) is 1. The Kier molecular flexibility index (Phi) is 5.66. The molecule has 0 saturated carbocycles. The molecular formula is C21H26FN3O2S. The normalized spacial score (nSPS) is 23.8. The van der Waals surface area contributed by atoms with Gasteiger partial charge in [-0.1, -0.05) is 12.1 Å². The topological polar surface area (TPSA) is 47.0 Å². The van der Waals surface area contributed by atoms with Crippen LogP contribution < -0.4 is 4.90 Å². The number of carbonyl (C=O) groups is 1. The average Bonchev–Trinajstić information content (AvgIpc) is 3.14. The molecule has 1 aromatic heterocycles. The van der Waals surface area contributed by atoms with Crippen molar-refractivity contribution in [1.82, 2.24) is 9.80 Å². The zero-order chi connectivity index (χ0) is 19.7. The molecule has 4 rings (SSSR count). The van der Waals surface area contributed by atoms with Crippen LogP contribution in [0.4, 0.5) is 10.1 Å². The SMILES string of the molecule is Cc1ccsc1C(=O)N1CC[C@@H](N2CCN(c3ccccc3F)CC2)[C@H](O)C1. The van der Waals surface area contributed by atoms with Crippen molar-refractivity contribution in [2.45, 2.75) is 25.5 Å². The van der Waals surface area contributed by atoms with E-state index >= 15 is 0 Å². The summed E-state index contributed by atoms with van der Waals surface area (Å²) in [4.78, 5) is 19.6. The molecule has 150 valence electrons. The fraction of sp³-hybridized carbons (Fsp3) is 0.476. The molecule has 5 nitrogen and oxygen atoms in total. The number of anilines is 1. The van der Waals surface area contributed by atoms with Crippen LogP contribution in [0.15, 0.2) is 35.7 Å². The number of halogens is 1. The highest BCUT2D eigenvalue weighted by molar-refractivity contribution is 7.12. The fourth-order valence-electron chi connectivity index (χ4n) is 4.27. The van der Waals surface area contributed by atoms with Gasteiger partial charge in [-0.25, -0.2) is 4.39 Å². The molecular weight excluding hydrogens is 377 g/mol. The Morgan fingerprint density at radius 2 is 1.89 bits per heavy atom. The van der Waals surface area contributed by atoms with E-state index in [2.05, 4.69) is 9.80 Å². The predicted octanol–water partition coefficient (Wildman–Crippen LogP) is 2.59. The van der Waals surface area contributed by atoms with Gasteiger partial charge in [0.05, 0.1) is 16.7 Å². The summed E-state index contributed by atoms with van der Waals surface area (Å²) in [6.07, 6.45) is 0.204. The Morgan fingerprint density at radius 3 is 2.54 bits per heavy atom. The lowest BCUT2D eigenvalue weighted by Crippen LogP contribution is -2.59. The molecule has 1 amide bonds. The van der Waals surface area contributed by atoms with Gasteiger partial charge in [0.15, 0.2) is 0 Å². The maximum absolute atomic E-state index is 14.0. The Labute approximate surface area is 169 Å². The van der Waals surface area contributed by atoms with Crippen LogP contribution in [0.1, 0.15) is 21.7 Å². The number of amides is 1. The predicted molar refractivity (Wildman–Crippen MR) is 110 cm³/mol. The zero-order valence-electron chi connectivity index (χ0n) is 16.1. The molecule has 0 radical (unpaired) electrons. The van der Waals surface area contributed by atoms with Crippen molar-refractivity contribution >= 4 is 22.9 Å². The minimum absolute atomic E-state index is 0.0226. The molecule has 2 aliphatic heterocycles. The maximum Gasteiger partial charge on any atom is 0.264 e. The van der Waals surface area contributed by atoms with Crippen LogP contribution in [0.5, 0.6) is 0 Å². The Balaban J connectivity index is 1.34. The second-order valence-corrected chi connectivity index (χ2v) is 8.50. The fourth-order valence-corrected chi connectivity index (χ4v) is 5.16. The summed E-state index contributed by atoms with van der Waals surface area (Å²) < 4.78 is 14.0. The summed E-state index contributed by atoms with van der Waals surface area (Å²) in [5.74, 6) is -0.166. The summed E-state index contributed by atoms with van der Waals surface area (Å²) in [5, 5.41) is 12.7. The molecule has 7 heteroatoms. The van der Waals surface area contributed by atoms with Crippen molar-refractivity contribution < 1.29 is 14.3 Å². The first-order valence-electron chi connectivity index (χ1n) is 9.79. The van der Waals surface area contributed by atoms with Crippen LogP contribution in [0.3, 0.4) is 0 Å². The number of rotatable bonds is 3. The first-order chi connectivity index (χ1) is 13.5. The van der Waals surface area contributed by atoms with Gasteiger partial charge < -0.3 is 14.9 Å². The number of hydrogen-bond donors (Lipinski definition) is 1. The van der Waals surface area contributed by atoms with Crippen LogP contribution in [-0.4, -0.2) is 72.2 Å². The molecule has 1 aromatic carbocycles. The molecule has 2 aromatic rings. The van der Waals surface area contributed by atoms with Gasteiger partial charge in [-0.2, -0.15) is 0 Å². The van der Waals surface area contributed by atoms with E-state index in [1.807, 2.05) is 30.5 Å². The van der Waals surface area contributed by atoms with Gasteiger partial charge in [0, 0.05) is 45.3 Å². The molecule has 2 aliphatic rings. The Morgan fingerprint density at radius 1 is 1.14 bits per heavy atom. The van der Waals surface area contributed by atoms with Gasteiger partial charge in [-0.05, 0) is 42.5 Å². The van der Waals surface area contributed by atoms with Crippen LogP contribution in [0.25, 0.3) is 0 Å². The number of aliphatic hydroxyl groups is 1. The number of aryl methyl sites for hydroxylation is 1. The Hall–Kier alpha value is -1.96. The molecule has 0 aliphatic carbocycles.